The summed E-state index contributed by atoms with van der Waals surface area (Å²) in [5, 5.41) is 4.25. The van der Waals surface area contributed by atoms with Gasteiger partial charge in [0.2, 0.25) is 0 Å². The predicted octanol–water partition coefficient (Wildman–Crippen LogP) is 2.14. The summed E-state index contributed by atoms with van der Waals surface area (Å²) in [6, 6.07) is 2.90. The molecule has 10 heteroatoms. The molecule has 1 aliphatic rings. The number of carbonyl (C=O) groups excluding carboxylic acids is 2. The van der Waals surface area contributed by atoms with Crippen molar-refractivity contribution in [2.45, 2.75) is 12.6 Å². The minimum Gasteiger partial charge on any atom is -0.379 e. The molecular weight excluding hydrogens is 375 g/mol. The molecule has 1 aromatic rings. The molecule has 26 heavy (non-hydrogen) atoms. The highest BCUT2D eigenvalue weighted by Crippen LogP contribution is 2.36. The number of benzene rings is 1. The molecule has 0 radical (unpaired) electrons. The lowest BCUT2D eigenvalue weighted by atomic mass is 10.1. The molecule has 0 bridgehead atoms. The summed E-state index contributed by atoms with van der Waals surface area (Å²) in [5.41, 5.74) is -1.63. The number of nitrogens with zero attached hydrogens (tertiary/aromatic N) is 1. The van der Waals surface area contributed by atoms with E-state index in [4.69, 9.17) is 16.3 Å². The first-order chi connectivity index (χ1) is 12.3. The van der Waals surface area contributed by atoms with E-state index in [2.05, 4.69) is 10.2 Å². The summed E-state index contributed by atoms with van der Waals surface area (Å²) >= 11 is 5.57. The Hall–Kier alpha value is -1.84. The number of nitrogens with one attached hydrogen (secondary N) is 2. The quantitative estimate of drug-likeness (QED) is 0.594. The average Bonchev–Trinajstić information content (AvgIpc) is 2.60. The molecule has 2 rings (SSSR count). The van der Waals surface area contributed by atoms with Gasteiger partial charge in [0.15, 0.2) is 0 Å². The second-order valence-electron chi connectivity index (χ2n) is 5.71. The Morgan fingerprint density at radius 3 is 2.54 bits per heavy atom. The fourth-order valence-electron chi connectivity index (χ4n) is 2.45. The normalized spacial score (nSPS) is 15.5. The van der Waals surface area contributed by atoms with E-state index in [-0.39, 0.29) is 11.6 Å². The zero-order valence-electron chi connectivity index (χ0n) is 13.9. The first kappa shape index (κ1) is 20.5. The number of ether oxygens (including phenoxy) is 1. The van der Waals surface area contributed by atoms with Gasteiger partial charge in [-0.1, -0.05) is 11.6 Å². The Morgan fingerprint density at radius 2 is 1.88 bits per heavy atom. The summed E-state index contributed by atoms with van der Waals surface area (Å²) in [5.74, 6) is -2.15. The largest absolute Gasteiger partial charge is 0.418 e. The van der Waals surface area contributed by atoms with Gasteiger partial charge in [-0.25, -0.2) is 0 Å². The van der Waals surface area contributed by atoms with E-state index in [1.807, 2.05) is 5.32 Å². The molecule has 1 heterocycles. The third kappa shape index (κ3) is 6.15. The number of carbonyl (C=O) groups is 2. The molecule has 0 atom stereocenters. The maximum atomic E-state index is 13.0. The van der Waals surface area contributed by atoms with Crippen LogP contribution in [0.2, 0.25) is 5.02 Å². The second kappa shape index (κ2) is 9.20. The SMILES string of the molecule is O=C(NCCCN1CCOCC1)C(=O)Nc1ccc(Cl)cc1C(F)(F)F. The van der Waals surface area contributed by atoms with Crippen LogP contribution in [0, 0.1) is 0 Å². The van der Waals surface area contributed by atoms with Crippen molar-refractivity contribution in [1.82, 2.24) is 10.2 Å². The number of halogens is 4. The standard InChI is InChI=1S/C16H19ClF3N3O3/c17-11-2-3-13(12(10-11)16(18,19)20)22-15(25)14(24)21-4-1-5-23-6-8-26-9-7-23/h2-3,10H,1,4-9H2,(H,21,24)(H,22,25). The molecule has 1 saturated heterocycles. The lowest BCUT2D eigenvalue weighted by Crippen LogP contribution is -2.40. The molecule has 2 N–H and O–H groups in total. The van der Waals surface area contributed by atoms with Gasteiger partial charge in [-0.2, -0.15) is 13.2 Å². The van der Waals surface area contributed by atoms with Gasteiger partial charge in [0.1, 0.15) is 0 Å². The fraction of sp³-hybridized carbons (Fsp3) is 0.500. The van der Waals surface area contributed by atoms with Crippen LogP contribution >= 0.6 is 11.6 Å². The van der Waals surface area contributed by atoms with E-state index >= 15 is 0 Å². The summed E-state index contributed by atoms with van der Waals surface area (Å²) in [6.45, 7) is 3.93. The van der Waals surface area contributed by atoms with Crippen molar-refractivity contribution in [3.63, 3.8) is 0 Å². The highest BCUT2D eigenvalue weighted by Gasteiger charge is 2.34. The Morgan fingerprint density at radius 1 is 1.19 bits per heavy atom. The Labute approximate surface area is 153 Å². The van der Waals surface area contributed by atoms with Crippen LogP contribution in [0.1, 0.15) is 12.0 Å². The minimum atomic E-state index is -4.71. The molecular formula is C16H19ClF3N3O3. The number of anilines is 1. The summed E-state index contributed by atoms with van der Waals surface area (Å²) in [4.78, 5) is 25.8. The smallest absolute Gasteiger partial charge is 0.379 e. The molecule has 0 unspecified atom stereocenters. The van der Waals surface area contributed by atoms with Crippen LogP contribution in [-0.2, 0) is 20.5 Å². The number of amides is 2. The molecule has 0 saturated carbocycles. The van der Waals surface area contributed by atoms with Gasteiger partial charge in [0.25, 0.3) is 0 Å². The van der Waals surface area contributed by atoms with Crippen LogP contribution in [-0.4, -0.2) is 56.1 Å². The van der Waals surface area contributed by atoms with Crippen molar-refractivity contribution in [2.24, 2.45) is 0 Å². The van der Waals surface area contributed by atoms with Crippen molar-refractivity contribution in [3.05, 3.63) is 28.8 Å². The van der Waals surface area contributed by atoms with E-state index < -0.39 is 29.2 Å². The molecule has 0 aromatic heterocycles. The van der Waals surface area contributed by atoms with Crippen molar-refractivity contribution in [1.29, 1.82) is 0 Å². The Bertz CT molecular complexity index is 649. The minimum absolute atomic E-state index is 0.122. The highest BCUT2D eigenvalue weighted by atomic mass is 35.5. The maximum Gasteiger partial charge on any atom is 0.418 e. The number of morpholine rings is 1. The van der Waals surface area contributed by atoms with E-state index in [1.165, 1.54) is 6.07 Å². The Balaban J connectivity index is 1.82. The zero-order chi connectivity index (χ0) is 19.2. The number of alkyl halides is 3. The van der Waals surface area contributed by atoms with Crippen LogP contribution in [0.5, 0.6) is 0 Å². The van der Waals surface area contributed by atoms with Gasteiger partial charge >= 0.3 is 18.0 Å². The average molecular weight is 394 g/mol. The molecule has 0 spiro atoms. The molecule has 6 nitrogen and oxygen atoms in total. The van der Waals surface area contributed by atoms with Crippen molar-refractivity contribution < 1.29 is 27.5 Å². The van der Waals surface area contributed by atoms with Crippen LogP contribution in [0.15, 0.2) is 18.2 Å². The molecule has 1 aliphatic heterocycles. The molecule has 0 aliphatic carbocycles. The van der Waals surface area contributed by atoms with E-state index in [0.29, 0.717) is 25.7 Å². The van der Waals surface area contributed by atoms with Crippen LogP contribution in [0.25, 0.3) is 0 Å². The van der Waals surface area contributed by atoms with Crippen molar-refractivity contribution in [2.75, 3.05) is 44.7 Å². The number of rotatable bonds is 5. The van der Waals surface area contributed by atoms with Gasteiger partial charge in [-0.3, -0.25) is 14.5 Å². The monoisotopic (exact) mass is 393 g/mol. The van der Waals surface area contributed by atoms with Gasteiger partial charge in [-0.15, -0.1) is 0 Å². The summed E-state index contributed by atoms with van der Waals surface area (Å²) in [6.07, 6.45) is -4.09. The van der Waals surface area contributed by atoms with E-state index in [0.717, 1.165) is 25.7 Å². The molecule has 1 fully saturated rings. The van der Waals surface area contributed by atoms with Crippen molar-refractivity contribution >= 4 is 29.1 Å². The third-order valence-electron chi connectivity index (χ3n) is 3.78. The van der Waals surface area contributed by atoms with Gasteiger partial charge in [0.05, 0.1) is 24.5 Å². The Kier molecular flexibility index (Phi) is 7.24. The van der Waals surface area contributed by atoms with Gasteiger partial charge in [-0.05, 0) is 31.2 Å². The first-order valence-corrected chi connectivity index (χ1v) is 8.41. The molecule has 1 aromatic carbocycles. The van der Waals surface area contributed by atoms with Crippen molar-refractivity contribution in [3.8, 4) is 0 Å². The molecule has 2 amide bonds. The number of hydrogen-bond acceptors (Lipinski definition) is 4. The molecule has 144 valence electrons. The third-order valence-corrected chi connectivity index (χ3v) is 4.02. The van der Waals surface area contributed by atoms with Gasteiger partial charge in [0, 0.05) is 24.7 Å². The maximum absolute atomic E-state index is 13.0. The van der Waals surface area contributed by atoms with Crippen LogP contribution in [0.3, 0.4) is 0 Å². The predicted molar refractivity (Wildman–Crippen MR) is 90.0 cm³/mol. The first-order valence-electron chi connectivity index (χ1n) is 8.03. The topological polar surface area (TPSA) is 70.7 Å². The summed E-state index contributed by atoms with van der Waals surface area (Å²) < 4.78 is 44.2. The van der Waals surface area contributed by atoms with Gasteiger partial charge < -0.3 is 15.4 Å². The lowest BCUT2D eigenvalue weighted by Gasteiger charge is -2.26. The lowest BCUT2D eigenvalue weighted by molar-refractivity contribution is -0.138. The van der Waals surface area contributed by atoms with E-state index in [1.54, 1.807) is 0 Å². The zero-order valence-corrected chi connectivity index (χ0v) is 14.6. The highest BCUT2D eigenvalue weighted by molar-refractivity contribution is 6.39. The fourth-order valence-corrected chi connectivity index (χ4v) is 2.62. The van der Waals surface area contributed by atoms with Crippen LogP contribution < -0.4 is 10.6 Å². The number of hydrogen-bond donors (Lipinski definition) is 2. The summed E-state index contributed by atoms with van der Waals surface area (Å²) in [7, 11) is 0. The van der Waals surface area contributed by atoms with E-state index in [9.17, 15) is 22.8 Å². The van der Waals surface area contributed by atoms with Crippen LogP contribution in [0.4, 0.5) is 18.9 Å². The second-order valence-corrected chi connectivity index (χ2v) is 6.14.